The van der Waals surface area contributed by atoms with Crippen LogP contribution in [-0.4, -0.2) is 15.6 Å². The third-order valence-electron chi connectivity index (χ3n) is 4.54. The number of pyridine rings is 1. The number of hydrogen-bond acceptors (Lipinski definition) is 4. The number of aromatic amines is 1. The molecule has 0 saturated carbocycles. The van der Waals surface area contributed by atoms with Gasteiger partial charge >= 0.3 is 0 Å². The summed E-state index contributed by atoms with van der Waals surface area (Å²) in [6.07, 6.45) is 0.766. The predicted molar refractivity (Wildman–Crippen MR) is 117 cm³/mol. The lowest BCUT2D eigenvalue weighted by Gasteiger charge is -2.18. The molecule has 0 aliphatic carbocycles. The molecule has 0 aliphatic rings. The molecule has 0 spiro atoms. The Morgan fingerprint density at radius 2 is 1.93 bits per heavy atom. The van der Waals surface area contributed by atoms with Crippen LogP contribution in [0.3, 0.4) is 0 Å². The van der Waals surface area contributed by atoms with Gasteiger partial charge in [0.2, 0.25) is 0 Å². The fourth-order valence-corrected chi connectivity index (χ4v) is 4.80. The second kappa shape index (κ2) is 6.48. The van der Waals surface area contributed by atoms with Gasteiger partial charge in [-0.15, -0.1) is 11.3 Å². The number of fused-ring (bicyclic) bond motifs is 3. The van der Waals surface area contributed by atoms with E-state index in [-0.39, 0.29) is 16.8 Å². The van der Waals surface area contributed by atoms with Crippen LogP contribution in [0.5, 0.6) is 5.75 Å². The molecule has 0 saturated heterocycles. The Morgan fingerprint density at radius 1 is 1.22 bits per heavy atom. The average Bonchev–Trinajstić information content (AvgIpc) is 3.06. The molecule has 4 aromatic rings. The highest BCUT2D eigenvalue weighted by atomic mass is 79.9. The van der Waals surface area contributed by atoms with E-state index in [9.17, 15) is 9.90 Å². The normalized spacial score (nSPS) is 12.1. The molecule has 138 valence electrons. The van der Waals surface area contributed by atoms with E-state index in [1.165, 1.54) is 11.3 Å². The lowest BCUT2D eigenvalue weighted by atomic mass is 9.93. The molecular weight excluding hydrogens is 424 g/mol. The van der Waals surface area contributed by atoms with Gasteiger partial charge in [-0.3, -0.25) is 4.79 Å². The second-order valence-electron chi connectivity index (χ2n) is 7.48. The standard InChI is InChI=1S/C21H19BrN2O2S/c1-21(2,23)10-11-3-5-12(6-4-11)16-15(25)9-14(22)18-17(16)13-7-8-27-19(13)20(26)24-18/h3-9,25H,10,23H2,1-2H3,(H,24,26). The number of aromatic nitrogens is 1. The fourth-order valence-electron chi connectivity index (χ4n) is 3.49. The predicted octanol–water partition coefficient (Wildman–Crippen LogP) is 5.16. The first-order valence-corrected chi connectivity index (χ1v) is 10.2. The molecule has 0 bridgehead atoms. The summed E-state index contributed by atoms with van der Waals surface area (Å²) in [6, 6.07) is 11.6. The van der Waals surface area contributed by atoms with Gasteiger partial charge in [0, 0.05) is 26.3 Å². The van der Waals surface area contributed by atoms with Gasteiger partial charge in [0.1, 0.15) is 10.4 Å². The van der Waals surface area contributed by atoms with Gasteiger partial charge < -0.3 is 15.8 Å². The minimum absolute atomic E-state index is 0.120. The molecule has 0 atom stereocenters. The molecule has 4 N–H and O–H groups in total. The molecule has 6 heteroatoms. The van der Waals surface area contributed by atoms with Crippen LogP contribution in [0, 0.1) is 0 Å². The van der Waals surface area contributed by atoms with E-state index >= 15 is 0 Å². The highest BCUT2D eigenvalue weighted by molar-refractivity contribution is 9.10. The first-order chi connectivity index (χ1) is 12.7. The maximum atomic E-state index is 12.4. The van der Waals surface area contributed by atoms with Crippen LogP contribution in [-0.2, 0) is 6.42 Å². The molecule has 2 heterocycles. The summed E-state index contributed by atoms with van der Waals surface area (Å²) in [5.41, 5.74) is 9.15. The van der Waals surface area contributed by atoms with E-state index in [4.69, 9.17) is 5.73 Å². The summed E-state index contributed by atoms with van der Waals surface area (Å²) < 4.78 is 1.31. The van der Waals surface area contributed by atoms with Crippen molar-refractivity contribution in [3.05, 3.63) is 62.2 Å². The minimum atomic E-state index is -0.281. The third-order valence-corrected chi connectivity index (χ3v) is 6.08. The van der Waals surface area contributed by atoms with E-state index < -0.39 is 0 Å². The van der Waals surface area contributed by atoms with Gasteiger partial charge in [0.05, 0.1) is 5.52 Å². The third kappa shape index (κ3) is 3.29. The Kier molecular flexibility index (Phi) is 4.37. The van der Waals surface area contributed by atoms with Gasteiger partial charge in [-0.05, 0) is 64.8 Å². The van der Waals surface area contributed by atoms with Crippen molar-refractivity contribution in [1.82, 2.24) is 4.98 Å². The summed E-state index contributed by atoms with van der Waals surface area (Å²) in [7, 11) is 0. The van der Waals surface area contributed by atoms with Gasteiger partial charge in [-0.1, -0.05) is 24.3 Å². The highest BCUT2D eigenvalue weighted by Gasteiger charge is 2.18. The quantitative estimate of drug-likeness (QED) is 0.409. The monoisotopic (exact) mass is 442 g/mol. The summed E-state index contributed by atoms with van der Waals surface area (Å²) >= 11 is 4.87. The van der Waals surface area contributed by atoms with Crippen LogP contribution in [0.2, 0.25) is 0 Å². The number of halogens is 1. The average molecular weight is 443 g/mol. The zero-order valence-corrected chi connectivity index (χ0v) is 17.4. The van der Waals surface area contributed by atoms with Crippen LogP contribution in [0.4, 0.5) is 0 Å². The zero-order valence-electron chi connectivity index (χ0n) is 15.0. The maximum absolute atomic E-state index is 12.4. The SMILES string of the molecule is CC(C)(N)Cc1ccc(-c2c(O)cc(Br)c3[nH]c(=O)c4sccc4c23)cc1. The Morgan fingerprint density at radius 3 is 2.59 bits per heavy atom. The van der Waals surface area contributed by atoms with Gasteiger partial charge in [-0.2, -0.15) is 0 Å². The molecule has 2 aromatic carbocycles. The Bertz CT molecular complexity index is 1220. The van der Waals surface area contributed by atoms with Gasteiger partial charge in [-0.25, -0.2) is 0 Å². The van der Waals surface area contributed by atoms with E-state index in [0.717, 1.165) is 28.3 Å². The Balaban J connectivity index is 1.99. The van der Waals surface area contributed by atoms with Crippen molar-refractivity contribution >= 4 is 48.3 Å². The number of phenolic OH excluding ortho intramolecular Hbond substituents is 1. The first-order valence-electron chi connectivity index (χ1n) is 8.57. The van der Waals surface area contributed by atoms with E-state index in [2.05, 4.69) is 20.9 Å². The number of nitrogens with one attached hydrogen (secondary N) is 1. The fraction of sp³-hybridized carbons (Fsp3) is 0.190. The van der Waals surface area contributed by atoms with Crippen LogP contribution in [0.1, 0.15) is 19.4 Å². The van der Waals surface area contributed by atoms with Gasteiger partial charge in [0.25, 0.3) is 5.56 Å². The summed E-state index contributed by atoms with van der Waals surface area (Å²) in [5.74, 6) is 0.167. The molecule has 4 nitrogen and oxygen atoms in total. The zero-order chi connectivity index (χ0) is 19.3. The largest absolute Gasteiger partial charge is 0.507 e. The lowest BCUT2D eigenvalue weighted by molar-refractivity contribution is 0.477. The lowest BCUT2D eigenvalue weighted by Crippen LogP contribution is -2.34. The van der Waals surface area contributed by atoms with Crippen molar-refractivity contribution in [3.8, 4) is 16.9 Å². The number of aromatic hydroxyl groups is 1. The number of rotatable bonds is 3. The van der Waals surface area contributed by atoms with E-state index in [1.54, 1.807) is 6.07 Å². The van der Waals surface area contributed by atoms with Crippen molar-refractivity contribution in [2.75, 3.05) is 0 Å². The molecular formula is C21H19BrN2O2S. The van der Waals surface area contributed by atoms with E-state index in [0.29, 0.717) is 20.3 Å². The summed E-state index contributed by atoms with van der Waals surface area (Å²) in [5, 5.41) is 14.3. The molecule has 0 unspecified atom stereocenters. The minimum Gasteiger partial charge on any atom is -0.507 e. The Hall–Kier alpha value is -2.15. The number of nitrogens with two attached hydrogens (primary N) is 1. The molecule has 27 heavy (non-hydrogen) atoms. The molecule has 0 fully saturated rings. The number of thiophene rings is 1. The number of H-pyrrole nitrogens is 1. The van der Waals surface area contributed by atoms with Crippen molar-refractivity contribution in [2.24, 2.45) is 5.73 Å². The van der Waals surface area contributed by atoms with Crippen LogP contribution >= 0.6 is 27.3 Å². The molecule has 0 radical (unpaired) electrons. The molecule has 4 rings (SSSR count). The maximum Gasteiger partial charge on any atom is 0.266 e. The van der Waals surface area contributed by atoms with Gasteiger partial charge in [0.15, 0.2) is 0 Å². The van der Waals surface area contributed by atoms with Crippen molar-refractivity contribution < 1.29 is 5.11 Å². The smallest absolute Gasteiger partial charge is 0.266 e. The van der Waals surface area contributed by atoms with Crippen LogP contribution in [0.25, 0.3) is 32.1 Å². The van der Waals surface area contributed by atoms with Crippen molar-refractivity contribution in [3.63, 3.8) is 0 Å². The number of hydrogen-bond donors (Lipinski definition) is 3. The van der Waals surface area contributed by atoms with Crippen LogP contribution in [0.15, 0.2) is 51.0 Å². The topological polar surface area (TPSA) is 79.1 Å². The summed E-state index contributed by atoms with van der Waals surface area (Å²) in [4.78, 5) is 15.3. The van der Waals surface area contributed by atoms with E-state index in [1.807, 2.05) is 49.6 Å². The number of phenols is 1. The van der Waals surface area contributed by atoms with Crippen molar-refractivity contribution in [1.29, 1.82) is 0 Å². The summed E-state index contributed by atoms with van der Waals surface area (Å²) in [6.45, 7) is 4.00. The van der Waals surface area contributed by atoms with Crippen LogP contribution < -0.4 is 11.3 Å². The number of benzene rings is 2. The highest BCUT2D eigenvalue weighted by Crippen LogP contribution is 2.42. The molecule has 0 amide bonds. The Labute approximate surface area is 168 Å². The molecule has 2 aromatic heterocycles. The van der Waals surface area contributed by atoms with Crippen molar-refractivity contribution in [2.45, 2.75) is 25.8 Å². The second-order valence-corrected chi connectivity index (χ2v) is 9.25. The molecule has 0 aliphatic heterocycles. The first kappa shape index (κ1) is 18.2.